The summed E-state index contributed by atoms with van der Waals surface area (Å²) >= 11 is 0. The summed E-state index contributed by atoms with van der Waals surface area (Å²) in [5, 5.41) is 13.3. The second-order valence-electron chi connectivity index (χ2n) is 3.55. The molecule has 0 saturated carbocycles. The molecule has 1 saturated heterocycles. The quantitative estimate of drug-likeness (QED) is 0.709. The average Bonchev–Trinajstić information content (AvgIpc) is 2.67. The van der Waals surface area contributed by atoms with Gasteiger partial charge in [0.25, 0.3) is 0 Å². The highest BCUT2D eigenvalue weighted by Gasteiger charge is 2.33. The number of nitrogens with zero attached hydrogens (tertiary/aromatic N) is 1. The summed E-state index contributed by atoms with van der Waals surface area (Å²) in [4.78, 5) is 4.08. The second-order valence-corrected chi connectivity index (χ2v) is 3.55. The largest absolute Gasteiger partial charge is 0.481 e. The Labute approximate surface area is 82.9 Å². The van der Waals surface area contributed by atoms with Crippen molar-refractivity contribution in [3.05, 3.63) is 23.9 Å². The van der Waals surface area contributed by atoms with Crippen LogP contribution in [0, 0.1) is 0 Å². The predicted octanol–water partition coefficient (Wildman–Crippen LogP) is 0.271. The fourth-order valence-corrected chi connectivity index (χ4v) is 1.70. The van der Waals surface area contributed by atoms with Crippen molar-refractivity contribution in [1.82, 2.24) is 10.3 Å². The zero-order chi connectivity index (χ0) is 10.0. The number of pyridine rings is 1. The third kappa shape index (κ3) is 1.58. The summed E-state index contributed by atoms with van der Waals surface area (Å²) in [6.45, 7) is 1.45. The van der Waals surface area contributed by atoms with Gasteiger partial charge in [-0.2, -0.15) is 0 Å². The van der Waals surface area contributed by atoms with Crippen molar-refractivity contribution in [3.63, 3.8) is 0 Å². The number of rotatable bonds is 2. The standard InChI is InChI=1S/C10H14N2O2/c1-14-9-3-2-8(6-12-9)10(13)4-5-11-7-10/h2-3,6,11,13H,4-5,7H2,1H3/t10-/m1/s1. The topological polar surface area (TPSA) is 54.4 Å². The van der Waals surface area contributed by atoms with Crippen LogP contribution in [0.3, 0.4) is 0 Å². The molecule has 1 aliphatic rings. The molecule has 4 nitrogen and oxygen atoms in total. The van der Waals surface area contributed by atoms with Gasteiger partial charge in [-0.1, -0.05) is 0 Å². The maximum Gasteiger partial charge on any atom is 0.212 e. The Morgan fingerprint density at radius 2 is 2.43 bits per heavy atom. The molecule has 14 heavy (non-hydrogen) atoms. The van der Waals surface area contributed by atoms with Crippen LogP contribution in [0.5, 0.6) is 5.88 Å². The minimum absolute atomic E-state index is 0.573. The molecule has 2 rings (SSSR count). The van der Waals surface area contributed by atoms with Crippen LogP contribution in [-0.4, -0.2) is 30.3 Å². The molecule has 2 heterocycles. The number of hydrogen-bond donors (Lipinski definition) is 2. The Balaban J connectivity index is 2.23. The summed E-state index contributed by atoms with van der Waals surface area (Å²) in [5.41, 5.74) is 0.0996. The minimum Gasteiger partial charge on any atom is -0.481 e. The van der Waals surface area contributed by atoms with E-state index < -0.39 is 5.60 Å². The van der Waals surface area contributed by atoms with Gasteiger partial charge in [-0.3, -0.25) is 0 Å². The summed E-state index contributed by atoms with van der Waals surface area (Å²) < 4.78 is 4.96. The lowest BCUT2D eigenvalue weighted by Gasteiger charge is -2.21. The van der Waals surface area contributed by atoms with E-state index in [2.05, 4.69) is 10.3 Å². The van der Waals surface area contributed by atoms with Crippen molar-refractivity contribution >= 4 is 0 Å². The number of ether oxygens (including phenoxy) is 1. The highest BCUT2D eigenvalue weighted by molar-refractivity contribution is 5.24. The first-order valence-corrected chi connectivity index (χ1v) is 4.68. The first kappa shape index (κ1) is 9.43. The number of nitrogens with one attached hydrogen (secondary N) is 1. The van der Waals surface area contributed by atoms with Gasteiger partial charge in [0.15, 0.2) is 0 Å². The van der Waals surface area contributed by atoms with Gasteiger partial charge in [-0.05, 0) is 19.0 Å². The van der Waals surface area contributed by atoms with Crippen molar-refractivity contribution in [2.75, 3.05) is 20.2 Å². The first-order chi connectivity index (χ1) is 6.74. The maximum absolute atomic E-state index is 10.2. The van der Waals surface area contributed by atoms with Crippen LogP contribution >= 0.6 is 0 Å². The van der Waals surface area contributed by atoms with E-state index in [0.717, 1.165) is 18.5 Å². The van der Waals surface area contributed by atoms with E-state index in [-0.39, 0.29) is 0 Å². The molecule has 0 radical (unpaired) electrons. The summed E-state index contributed by atoms with van der Waals surface area (Å²) in [6, 6.07) is 3.63. The highest BCUT2D eigenvalue weighted by Crippen LogP contribution is 2.27. The van der Waals surface area contributed by atoms with Gasteiger partial charge in [0.2, 0.25) is 5.88 Å². The van der Waals surface area contributed by atoms with Crippen LogP contribution in [0.25, 0.3) is 0 Å². The molecular formula is C10H14N2O2. The van der Waals surface area contributed by atoms with Gasteiger partial charge in [0, 0.05) is 24.4 Å². The van der Waals surface area contributed by atoms with Gasteiger partial charge in [-0.25, -0.2) is 4.98 Å². The van der Waals surface area contributed by atoms with Crippen molar-refractivity contribution in [2.24, 2.45) is 0 Å². The van der Waals surface area contributed by atoms with Gasteiger partial charge in [-0.15, -0.1) is 0 Å². The summed E-state index contributed by atoms with van der Waals surface area (Å²) in [5.74, 6) is 0.573. The zero-order valence-corrected chi connectivity index (χ0v) is 8.16. The molecule has 0 aromatic carbocycles. The van der Waals surface area contributed by atoms with E-state index in [9.17, 15) is 5.11 Å². The van der Waals surface area contributed by atoms with E-state index in [1.54, 1.807) is 19.4 Å². The van der Waals surface area contributed by atoms with E-state index in [4.69, 9.17) is 4.74 Å². The fourth-order valence-electron chi connectivity index (χ4n) is 1.70. The molecule has 1 fully saturated rings. The lowest BCUT2D eigenvalue weighted by Crippen LogP contribution is -2.28. The molecule has 1 aromatic heterocycles. The third-order valence-corrected chi connectivity index (χ3v) is 2.62. The maximum atomic E-state index is 10.2. The zero-order valence-electron chi connectivity index (χ0n) is 8.16. The Morgan fingerprint density at radius 1 is 1.57 bits per heavy atom. The number of aliphatic hydroxyl groups is 1. The van der Waals surface area contributed by atoms with Gasteiger partial charge < -0.3 is 15.2 Å². The van der Waals surface area contributed by atoms with E-state index in [1.165, 1.54) is 0 Å². The Morgan fingerprint density at radius 3 is 2.93 bits per heavy atom. The summed E-state index contributed by atoms with van der Waals surface area (Å²) in [6.07, 6.45) is 2.41. The highest BCUT2D eigenvalue weighted by atomic mass is 16.5. The van der Waals surface area contributed by atoms with Crippen LogP contribution in [0.15, 0.2) is 18.3 Å². The van der Waals surface area contributed by atoms with Gasteiger partial charge >= 0.3 is 0 Å². The smallest absolute Gasteiger partial charge is 0.212 e. The fraction of sp³-hybridized carbons (Fsp3) is 0.500. The number of β-amino-alcohol motifs (C(OH)–C–C–N with tert-alkyl or cyclic N) is 1. The molecular weight excluding hydrogens is 180 g/mol. The van der Waals surface area contributed by atoms with Crippen LogP contribution in [0.4, 0.5) is 0 Å². The average molecular weight is 194 g/mol. The number of aromatic nitrogens is 1. The molecule has 0 aliphatic carbocycles. The second kappa shape index (κ2) is 3.55. The molecule has 2 N–H and O–H groups in total. The molecule has 1 atom stereocenters. The molecule has 76 valence electrons. The minimum atomic E-state index is -0.751. The van der Waals surface area contributed by atoms with Gasteiger partial charge in [0.1, 0.15) is 5.60 Å². The van der Waals surface area contributed by atoms with Crippen LogP contribution < -0.4 is 10.1 Å². The number of methoxy groups -OCH3 is 1. The molecule has 1 aromatic rings. The monoisotopic (exact) mass is 194 g/mol. The SMILES string of the molecule is COc1ccc([C@@]2(O)CCNC2)cn1. The molecule has 0 bridgehead atoms. The Kier molecular flexibility index (Phi) is 2.39. The van der Waals surface area contributed by atoms with Crippen LogP contribution in [-0.2, 0) is 5.60 Å². The molecule has 0 amide bonds. The number of hydrogen-bond acceptors (Lipinski definition) is 4. The Hall–Kier alpha value is -1.13. The van der Waals surface area contributed by atoms with Gasteiger partial charge in [0.05, 0.1) is 7.11 Å². The van der Waals surface area contributed by atoms with Crippen LogP contribution in [0.2, 0.25) is 0 Å². The van der Waals surface area contributed by atoms with Crippen molar-refractivity contribution in [3.8, 4) is 5.88 Å². The van der Waals surface area contributed by atoms with Crippen molar-refractivity contribution in [2.45, 2.75) is 12.0 Å². The van der Waals surface area contributed by atoms with Crippen molar-refractivity contribution < 1.29 is 9.84 Å². The molecule has 0 unspecified atom stereocenters. The van der Waals surface area contributed by atoms with E-state index in [0.29, 0.717) is 12.4 Å². The lowest BCUT2D eigenvalue weighted by atomic mass is 9.95. The molecule has 4 heteroatoms. The summed E-state index contributed by atoms with van der Waals surface area (Å²) in [7, 11) is 1.58. The van der Waals surface area contributed by atoms with E-state index in [1.807, 2.05) is 6.07 Å². The predicted molar refractivity (Wildman–Crippen MR) is 52.2 cm³/mol. The van der Waals surface area contributed by atoms with Crippen molar-refractivity contribution in [1.29, 1.82) is 0 Å². The molecule has 0 spiro atoms. The van der Waals surface area contributed by atoms with E-state index >= 15 is 0 Å². The lowest BCUT2D eigenvalue weighted by molar-refractivity contribution is 0.0583. The Bertz CT molecular complexity index is 304. The molecule has 1 aliphatic heterocycles. The first-order valence-electron chi connectivity index (χ1n) is 4.68. The van der Waals surface area contributed by atoms with Crippen LogP contribution in [0.1, 0.15) is 12.0 Å². The normalized spacial score (nSPS) is 26.4. The third-order valence-electron chi connectivity index (χ3n) is 2.62.